The van der Waals surface area contributed by atoms with Crippen LogP contribution in [0.3, 0.4) is 0 Å². The van der Waals surface area contributed by atoms with Crippen LogP contribution >= 0.6 is 15.9 Å². The number of nitrogens with zero attached hydrogens (tertiary/aromatic N) is 2. The van der Waals surface area contributed by atoms with Crippen LogP contribution in [0.1, 0.15) is 47.1 Å². The smallest absolute Gasteiger partial charge is 0.255 e. The molecular formula is C27H26BrN3O. The summed E-state index contributed by atoms with van der Waals surface area (Å²) in [6, 6.07) is 20.1. The van der Waals surface area contributed by atoms with E-state index in [1.54, 1.807) is 0 Å². The van der Waals surface area contributed by atoms with Crippen molar-refractivity contribution in [2.75, 3.05) is 6.54 Å². The first kappa shape index (κ1) is 21.0. The minimum atomic E-state index is -0.479. The lowest BCUT2D eigenvalue weighted by Gasteiger charge is -2.34. The van der Waals surface area contributed by atoms with E-state index in [1.165, 1.54) is 5.56 Å². The third-order valence-electron chi connectivity index (χ3n) is 6.92. The Morgan fingerprint density at radius 1 is 1.06 bits per heavy atom. The number of halogens is 1. The van der Waals surface area contributed by atoms with Crippen LogP contribution in [0.25, 0.3) is 22.2 Å². The van der Waals surface area contributed by atoms with Crippen LogP contribution in [-0.4, -0.2) is 27.3 Å². The second-order valence-electron chi connectivity index (χ2n) is 8.84. The predicted octanol–water partition coefficient (Wildman–Crippen LogP) is 6.76. The molecule has 0 saturated carbocycles. The molecule has 1 N–H and O–H groups in total. The van der Waals surface area contributed by atoms with E-state index in [9.17, 15) is 4.79 Å². The summed E-state index contributed by atoms with van der Waals surface area (Å²) in [7, 11) is 0. The van der Waals surface area contributed by atoms with Crippen molar-refractivity contribution in [1.29, 1.82) is 0 Å². The van der Waals surface area contributed by atoms with Crippen LogP contribution in [0, 0.1) is 13.8 Å². The fraction of sp³-hybridized carbons (Fsp3) is 0.259. The van der Waals surface area contributed by atoms with Gasteiger partial charge in [0, 0.05) is 16.6 Å². The fourth-order valence-corrected chi connectivity index (χ4v) is 5.37. The van der Waals surface area contributed by atoms with Crippen molar-refractivity contribution in [3.8, 4) is 11.1 Å². The number of imidazole rings is 1. The summed E-state index contributed by atoms with van der Waals surface area (Å²) in [6.45, 7) is 7.05. The van der Waals surface area contributed by atoms with Gasteiger partial charge in [-0.05, 0) is 68.0 Å². The van der Waals surface area contributed by atoms with Crippen molar-refractivity contribution in [1.82, 2.24) is 14.9 Å². The zero-order chi connectivity index (χ0) is 22.5. The van der Waals surface area contributed by atoms with Crippen molar-refractivity contribution >= 4 is 32.9 Å². The van der Waals surface area contributed by atoms with Crippen molar-refractivity contribution < 1.29 is 4.79 Å². The number of aromatic nitrogens is 2. The molecule has 3 aromatic carbocycles. The lowest BCUT2D eigenvalue weighted by atomic mass is 9.95. The topological polar surface area (TPSA) is 49.0 Å². The largest absolute Gasteiger partial charge is 0.340 e. The van der Waals surface area contributed by atoms with E-state index in [0.717, 1.165) is 63.0 Å². The van der Waals surface area contributed by atoms with Crippen LogP contribution in [-0.2, 0) is 5.54 Å². The first-order valence-corrected chi connectivity index (χ1v) is 11.8. The minimum absolute atomic E-state index is 0.0546. The number of aromatic amines is 1. The number of carbonyl (C=O) groups excluding carboxylic acids is 1. The third kappa shape index (κ3) is 3.27. The van der Waals surface area contributed by atoms with Crippen LogP contribution < -0.4 is 0 Å². The Morgan fingerprint density at radius 3 is 2.56 bits per heavy atom. The van der Waals surface area contributed by atoms with Gasteiger partial charge in [0.2, 0.25) is 0 Å². The van der Waals surface area contributed by atoms with Gasteiger partial charge in [0.1, 0.15) is 5.82 Å². The lowest BCUT2D eigenvalue weighted by molar-refractivity contribution is 0.0607. The maximum absolute atomic E-state index is 13.9. The maximum atomic E-state index is 13.9. The van der Waals surface area contributed by atoms with Crippen molar-refractivity contribution in [2.24, 2.45) is 0 Å². The van der Waals surface area contributed by atoms with Crippen LogP contribution in [0.2, 0.25) is 0 Å². The van der Waals surface area contributed by atoms with E-state index in [2.05, 4.69) is 59.9 Å². The Balaban J connectivity index is 1.58. The highest BCUT2D eigenvalue weighted by atomic mass is 79.9. The summed E-state index contributed by atoms with van der Waals surface area (Å²) in [5.74, 6) is 0.912. The summed E-state index contributed by atoms with van der Waals surface area (Å²) in [5, 5.41) is 0. The molecule has 0 spiro atoms. The molecule has 0 aliphatic carbocycles. The SMILES string of the molecule is Cc1c(Br)cc2[nH]c(C3(C)CCCN3C(=O)c3ccccc3-c3ccccc3)nc2c1C. The average molecular weight is 488 g/mol. The zero-order valence-corrected chi connectivity index (χ0v) is 20.2. The summed E-state index contributed by atoms with van der Waals surface area (Å²) in [4.78, 5) is 24.4. The molecule has 1 saturated heterocycles. The normalized spacial score (nSPS) is 18.4. The Labute approximate surface area is 196 Å². The molecule has 1 aliphatic heterocycles. The molecule has 5 rings (SSSR count). The number of fused-ring (bicyclic) bond motifs is 1. The second-order valence-corrected chi connectivity index (χ2v) is 9.69. The number of rotatable bonds is 3. The molecule has 0 bridgehead atoms. The Kier molecular flexibility index (Phi) is 5.17. The molecule has 4 aromatic rings. The highest BCUT2D eigenvalue weighted by Gasteiger charge is 2.44. The molecule has 1 unspecified atom stereocenters. The lowest BCUT2D eigenvalue weighted by Crippen LogP contribution is -2.43. The molecule has 32 heavy (non-hydrogen) atoms. The molecule has 5 heteroatoms. The van der Waals surface area contributed by atoms with Crippen molar-refractivity contribution in [3.05, 3.63) is 87.7 Å². The molecular weight excluding hydrogens is 462 g/mol. The molecule has 1 atom stereocenters. The molecule has 1 aliphatic rings. The Bertz CT molecular complexity index is 1330. The number of amides is 1. The quantitative estimate of drug-likeness (QED) is 0.346. The van der Waals surface area contributed by atoms with E-state index in [1.807, 2.05) is 47.4 Å². The van der Waals surface area contributed by atoms with Gasteiger partial charge in [-0.1, -0.05) is 64.5 Å². The number of hydrogen-bond donors (Lipinski definition) is 1. The Morgan fingerprint density at radius 2 is 1.78 bits per heavy atom. The highest BCUT2D eigenvalue weighted by Crippen LogP contribution is 2.40. The zero-order valence-electron chi connectivity index (χ0n) is 18.6. The summed E-state index contributed by atoms with van der Waals surface area (Å²) in [5.41, 5.74) is 6.60. The van der Waals surface area contributed by atoms with Gasteiger partial charge in [0.05, 0.1) is 16.6 Å². The van der Waals surface area contributed by atoms with Crippen LogP contribution in [0.15, 0.2) is 65.1 Å². The number of carbonyl (C=O) groups is 1. The minimum Gasteiger partial charge on any atom is -0.340 e. The number of H-pyrrole nitrogens is 1. The highest BCUT2D eigenvalue weighted by molar-refractivity contribution is 9.10. The van der Waals surface area contributed by atoms with Gasteiger partial charge in [-0.3, -0.25) is 4.79 Å². The Hall–Kier alpha value is -2.92. The van der Waals surface area contributed by atoms with Gasteiger partial charge in [-0.25, -0.2) is 4.98 Å². The van der Waals surface area contributed by atoms with E-state index in [0.29, 0.717) is 0 Å². The predicted molar refractivity (Wildman–Crippen MR) is 133 cm³/mol. The fourth-order valence-electron chi connectivity index (χ4n) is 4.84. The number of nitrogens with one attached hydrogen (secondary N) is 1. The standard InChI is InChI=1S/C27H26BrN3O/c1-17-18(2)24-23(16-22(17)28)29-26(30-24)27(3)14-9-15-31(27)25(32)21-13-8-7-12-20(21)19-10-5-4-6-11-19/h4-8,10-13,16H,9,14-15H2,1-3H3,(H,29,30). The molecule has 1 fully saturated rings. The van der Waals surface area contributed by atoms with Crippen molar-refractivity contribution in [3.63, 3.8) is 0 Å². The molecule has 0 radical (unpaired) electrons. The van der Waals surface area contributed by atoms with E-state index < -0.39 is 5.54 Å². The average Bonchev–Trinajstić information content (AvgIpc) is 3.42. The summed E-state index contributed by atoms with van der Waals surface area (Å²) >= 11 is 3.66. The van der Waals surface area contributed by atoms with Gasteiger partial charge < -0.3 is 9.88 Å². The van der Waals surface area contributed by atoms with E-state index in [4.69, 9.17) is 4.98 Å². The van der Waals surface area contributed by atoms with Gasteiger partial charge in [0.25, 0.3) is 5.91 Å². The monoisotopic (exact) mass is 487 g/mol. The van der Waals surface area contributed by atoms with Gasteiger partial charge in [-0.15, -0.1) is 0 Å². The summed E-state index contributed by atoms with van der Waals surface area (Å²) < 4.78 is 1.07. The van der Waals surface area contributed by atoms with Gasteiger partial charge in [0.15, 0.2) is 0 Å². The second kappa shape index (κ2) is 7.89. The molecule has 4 nitrogen and oxygen atoms in total. The molecule has 2 heterocycles. The molecule has 1 aromatic heterocycles. The van der Waals surface area contributed by atoms with Crippen molar-refractivity contribution in [2.45, 2.75) is 39.2 Å². The van der Waals surface area contributed by atoms with Crippen LogP contribution in [0.5, 0.6) is 0 Å². The van der Waals surface area contributed by atoms with Crippen LogP contribution in [0.4, 0.5) is 0 Å². The number of likely N-dealkylation sites (tertiary alicyclic amines) is 1. The van der Waals surface area contributed by atoms with E-state index >= 15 is 0 Å². The van der Waals surface area contributed by atoms with Gasteiger partial charge >= 0.3 is 0 Å². The third-order valence-corrected chi connectivity index (χ3v) is 7.74. The number of hydrogen-bond acceptors (Lipinski definition) is 2. The first-order valence-electron chi connectivity index (χ1n) is 11.0. The van der Waals surface area contributed by atoms with Gasteiger partial charge in [-0.2, -0.15) is 0 Å². The first-order chi connectivity index (χ1) is 15.4. The van der Waals surface area contributed by atoms with E-state index in [-0.39, 0.29) is 5.91 Å². The maximum Gasteiger partial charge on any atom is 0.255 e. The molecule has 162 valence electrons. The number of benzene rings is 3. The number of aryl methyl sites for hydroxylation is 1. The molecule has 1 amide bonds. The summed E-state index contributed by atoms with van der Waals surface area (Å²) in [6.07, 6.45) is 1.83.